The summed E-state index contributed by atoms with van der Waals surface area (Å²) in [5, 5.41) is 2.61. The Morgan fingerprint density at radius 2 is 1.95 bits per heavy atom. The first-order chi connectivity index (χ1) is 9.39. The average Bonchev–Trinajstić information content (AvgIpc) is 2.39. The molecule has 1 aromatic carbocycles. The Morgan fingerprint density at radius 1 is 1.30 bits per heavy atom. The van der Waals surface area contributed by atoms with Gasteiger partial charge in [0.15, 0.2) is 0 Å². The summed E-state index contributed by atoms with van der Waals surface area (Å²) in [7, 11) is -3.46. The largest absolute Gasteiger partial charge is 0.326 e. The molecular formula is C14H20N2O3S. The SMILES string of the molecule is CC(=O)Nc1cccc(S(=O)(=O)N2CCC(C)CC2)c1. The monoisotopic (exact) mass is 296 g/mol. The number of nitrogens with zero attached hydrogens (tertiary/aromatic N) is 1. The number of rotatable bonds is 3. The van der Waals surface area contributed by atoms with Crippen molar-refractivity contribution in [2.75, 3.05) is 18.4 Å². The summed E-state index contributed by atoms with van der Waals surface area (Å²) >= 11 is 0. The van der Waals surface area contributed by atoms with E-state index in [9.17, 15) is 13.2 Å². The maximum Gasteiger partial charge on any atom is 0.243 e. The Hall–Kier alpha value is -1.40. The number of hydrogen-bond acceptors (Lipinski definition) is 3. The zero-order valence-electron chi connectivity index (χ0n) is 11.8. The predicted molar refractivity (Wildman–Crippen MR) is 77.9 cm³/mol. The predicted octanol–water partition coefficient (Wildman–Crippen LogP) is 2.07. The molecular weight excluding hydrogens is 276 g/mol. The van der Waals surface area contributed by atoms with Crippen LogP contribution in [0.4, 0.5) is 5.69 Å². The van der Waals surface area contributed by atoms with Crippen LogP contribution in [-0.4, -0.2) is 31.7 Å². The first-order valence-corrected chi connectivity index (χ1v) is 8.21. The summed E-state index contributed by atoms with van der Waals surface area (Å²) < 4.78 is 26.6. The third kappa shape index (κ3) is 3.37. The standard InChI is InChI=1S/C14H20N2O3S/c1-11-6-8-16(9-7-11)20(18,19)14-5-3-4-13(10-14)15-12(2)17/h3-5,10-11H,6-9H2,1-2H3,(H,15,17). The number of amides is 1. The van der Waals surface area contributed by atoms with Crippen molar-refractivity contribution in [2.45, 2.75) is 31.6 Å². The van der Waals surface area contributed by atoms with Crippen molar-refractivity contribution in [3.8, 4) is 0 Å². The Bertz CT molecular complexity index is 590. The molecule has 0 atom stereocenters. The van der Waals surface area contributed by atoms with Crippen molar-refractivity contribution in [2.24, 2.45) is 5.92 Å². The molecule has 2 rings (SSSR count). The van der Waals surface area contributed by atoms with Gasteiger partial charge in [-0.25, -0.2) is 8.42 Å². The third-order valence-electron chi connectivity index (χ3n) is 3.53. The molecule has 0 spiro atoms. The minimum atomic E-state index is -3.46. The van der Waals surface area contributed by atoms with Crippen molar-refractivity contribution in [1.29, 1.82) is 0 Å². The van der Waals surface area contributed by atoms with Crippen molar-refractivity contribution >= 4 is 21.6 Å². The molecule has 6 heteroatoms. The molecule has 1 amide bonds. The van der Waals surface area contributed by atoms with E-state index in [-0.39, 0.29) is 10.8 Å². The molecule has 0 unspecified atom stereocenters. The van der Waals surface area contributed by atoms with Crippen LogP contribution >= 0.6 is 0 Å². The maximum absolute atomic E-state index is 12.5. The van der Waals surface area contributed by atoms with E-state index >= 15 is 0 Å². The van der Waals surface area contributed by atoms with Gasteiger partial charge in [0.05, 0.1) is 4.90 Å². The molecule has 0 radical (unpaired) electrons. The molecule has 1 N–H and O–H groups in total. The molecule has 5 nitrogen and oxygen atoms in total. The van der Waals surface area contributed by atoms with Gasteiger partial charge >= 0.3 is 0 Å². The normalized spacial score (nSPS) is 17.9. The van der Waals surface area contributed by atoms with Crippen molar-refractivity contribution in [3.05, 3.63) is 24.3 Å². The van der Waals surface area contributed by atoms with Crippen LogP contribution in [0.1, 0.15) is 26.7 Å². The molecule has 1 fully saturated rings. The maximum atomic E-state index is 12.5. The summed E-state index contributed by atoms with van der Waals surface area (Å²) in [5.74, 6) is 0.360. The molecule has 0 aliphatic carbocycles. The van der Waals surface area contributed by atoms with Gasteiger partial charge in [-0.15, -0.1) is 0 Å². The first kappa shape index (κ1) is 15.0. The molecule has 110 valence electrons. The number of hydrogen-bond donors (Lipinski definition) is 1. The van der Waals surface area contributed by atoms with E-state index in [0.717, 1.165) is 12.8 Å². The minimum Gasteiger partial charge on any atom is -0.326 e. The second-order valence-corrected chi connectivity index (χ2v) is 7.23. The zero-order chi connectivity index (χ0) is 14.8. The van der Waals surface area contributed by atoms with Gasteiger partial charge in [0.2, 0.25) is 15.9 Å². The lowest BCUT2D eigenvalue weighted by Gasteiger charge is -2.29. The lowest BCUT2D eigenvalue weighted by atomic mass is 10.0. The van der Waals surface area contributed by atoms with Crippen LogP contribution in [0, 0.1) is 5.92 Å². The zero-order valence-corrected chi connectivity index (χ0v) is 12.6. The van der Waals surface area contributed by atoms with Crippen LogP contribution in [0.2, 0.25) is 0 Å². The van der Waals surface area contributed by atoms with Gasteiger partial charge in [-0.05, 0) is 37.0 Å². The number of carbonyl (C=O) groups is 1. The van der Waals surface area contributed by atoms with E-state index in [0.29, 0.717) is 24.7 Å². The number of carbonyl (C=O) groups excluding carboxylic acids is 1. The summed E-state index contributed by atoms with van der Waals surface area (Å²) in [5.41, 5.74) is 0.504. The fourth-order valence-electron chi connectivity index (χ4n) is 2.31. The van der Waals surface area contributed by atoms with Crippen LogP contribution in [0.5, 0.6) is 0 Å². The number of anilines is 1. The molecule has 1 heterocycles. The van der Waals surface area contributed by atoms with E-state index < -0.39 is 10.0 Å². The lowest BCUT2D eigenvalue weighted by molar-refractivity contribution is -0.114. The van der Waals surface area contributed by atoms with Crippen molar-refractivity contribution in [1.82, 2.24) is 4.31 Å². The highest BCUT2D eigenvalue weighted by atomic mass is 32.2. The molecule has 0 saturated carbocycles. The van der Waals surface area contributed by atoms with Gasteiger partial charge in [0.1, 0.15) is 0 Å². The van der Waals surface area contributed by atoms with E-state index in [1.807, 2.05) is 0 Å². The second kappa shape index (κ2) is 5.93. The van der Waals surface area contributed by atoms with Gasteiger partial charge in [-0.3, -0.25) is 4.79 Å². The number of benzene rings is 1. The molecule has 1 saturated heterocycles. The Labute approximate surface area is 120 Å². The smallest absolute Gasteiger partial charge is 0.243 e. The van der Waals surface area contributed by atoms with Crippen LogP contribution < -0.4 is 5.32 Å². The minimum absolute atomic E-state index is 0.216. The van der Waals surface area contributed by atoms with E-state index in [1.54, 1.807) is 18.2 Å². The van der Waals surface area contributed by atoms with Crippen molar-refractivity contribution in [3.63, 3.8) is 0 Å². The van der Waals surface area contributed by atoms with E-state index in [1.165, 1.54) is 17.3 Å². The molecule has 1 aliphatic rings. The fraction of sp³-hybridized carbons (Fsp3) is 0.500. The van der Waals surface area contributed by atoms with Crippen LogP contribution in [-0.2, 0) is 14.8 Å². The molecule has 1 aliphatic heterocycles. The molecule has 0 bridgehead atoms. The van der Waals surface area contributed by atoms with Gasteiger partial charge < -0.3 is 5.32 Å². The van der Waals surface area contributed by atoms with Crippen molar-refractivity contribution < 1.29 is 13.2 Å². The third-order valence-corrected chi connectivity index (χ3v) is 5.43. The highest BCUT2D eigenvalue weighted by molar-refractivity contribution is 7.89. The highest BCUT2D eigenvalue weighted by Gasteiger charge is 2.28. The van der Waals surface area contributed by atoms with Crippen LogP contribution in [0.3, 0.4) is 0 Å². The first-order valence-electron chi connectivity index (χ1n) is 6.77. The van der Waals surface area contributed by atoms with E-state index in [2.05, 4.69) is 12.2 Å². The summed E-state index contributed by atoms with van der Waals surface area (Å²) in [6.45, 7) is 4.66. The number of nitrogens with one attached hydrogen (secondary N) is 1. The highest BCUT2D eigenvalue weighted by Crippen LogP contribution is 2.24. The molecule has 0 aromatic heterocycles. The topological polar surface area (TPSA) is 66.5 Å². The summed E-state index contributed by atoms with van der Waals surface area (Å²) in [6.07, 6.45) is 1.79. The average molecular weight is 296 g/mol. The Morgan fingerprint density at radius 3 is 2.55 bits per heavy atom. The Balaban J connectivity index is 2.23. The lowest BCUT2D eigenvalue weighted by Crippen LogP contribution is -2.37. The number of piperidine rings is 1. The summed E-state index contributed by atoms with van der Waals surface area (Å²) in [4.78, 5) is 11.3. The van der Waals surface area contributed by atoms with Gasteiger partial charge in [-0.1, -0.05) is 13.0 Å². The second-order valence-electron chi connectivity index (χ2n) is 5.30. The van der Waals surface area contributed by atoms with Gasteiger partial charge in [0.25, 0.3) is 0 Å². The summed E-state index contributed by atoms with van der Waals surface area (Å²) in [6, 6.07) is 6.40. The Kier molecular flexibility index (Phi) is 4.45. The molecule has 20 heavy (non-hydrogen) atoms. The van der Waals surface area contributed by atoms with Gasteiger partial charge in [0, 0.05) is 25.7 Å². The van der Waals surface area contributed by atoms with E-state index in [4.69, 9.17) is 0 Å². The van der Waals surface area contributed by atoms with Gasteiger partial charge in [-0.2, -0.15) is 4.31 Å². The van der Waals surface area contributed by atoms with Crippen LogP contribution in [0.15, 0.2) is 29.2 Å². The quantitative estimate of drug-likeness (QED) is 0.928. The molecule has 1 aromatic rings. The fourth-order valence-corrected chi connectivity index (χ4v) is 3.83. The van der Waals surface area contributed by atoms with Crippen LogP contribution in [0.25, 0.3) is 0 Å². The number of sulfonamides is 1.